The summed E-state index contributed by atoms with van der Waals surface area (Å²) >= 11 is 6.57. The van der Waals surface area contributed by atoms with Gasteiger partial charge in [-0.15, -0.1) is 0 Å². The zero-order valence-electron chi connectivity index (χ0n) is 9.71. The molecule has 4 nitrogen and oxygen atoms in total. The summed E-state index contributed by atoms with van der Waals surface area (Å²) in [5.41, 5.74) is 5.43. The Morgan fingerprint density at radius 3 is 2.62 bits per heavy atom. The van der Waals surface area contributed by atoms with Gasteiger partial charge in [-0.25, -0.2) is 8.42 Å². The average Bonchev–Trinajstić information content (AvgIpc) is 2.20. The largest absolute Gasteiger partial charge is 0.392 e. The SMILES string of the molecule is CC1SCCN(S(=O)(=O)C(C)C(N)=S)C1C. The maximum Gasteiger partial charge on any atom is 0.223 e. The Morgan fingerprint density at radius 1 is 1.56 bits per heavy atom. The number of nitrogens with zero attached hydrogens (tertiary/aromatic N) is 1. The Hall–Kier alpha value is 0.150. The molecule has 0 aromatic heterocycles. The summed E-state index contributed by atoms with van der Waals surface area (Å²) in [5.74, 6) is 0.828. The molecule has 0 radical (unpaired) electrons. The van der Waals surface area contributed by atoms with Crippen LogP contribution in [0.2, 0.25) is 0 Å². The van der Waals surface area contributed by atoms with E-state index in [1.54, 1.807) is 18.7 Å². The third-order valence-electron chi connectivity index (χ3n) is 3.00. The number of rotatable bonds is 3. The van der Waals surface area contributed by atoms with Crippen LogP contribution in [0.4, 0.5) is 0 Å². The highest BCUT2D eigenvalue weighted by Crippen LogP contribution is 2.27. The second kappa shape index (κ2) is 5.20. The predicted octanol–water partition coefficient (Wildman–Crippen LogP) is 0.817. The Labute approximate surface area is 107 Å². The van der Waals surface area contributed by atoms with Gasteiger partial charge in [-0.2, -0.15) is 16.1 Å². The molecule has 16 heavy (non-hydrogen) atoms. The minimum Gasteiger partial charge on any atom is -0.392 e. The molecule has 1 saturated heterocycles. The molecule has 94 valence electrons. The zero-order chi connectivity index (χ0) is 12.5. The van der Waals surface area contributed by atoms with Crippen molar-refractivity contribution in [3.05, 3.63) is 0 Å². The van der Waals surface area contributed by atoms with Gasteiger partial charge in [0, 0.05) is 23.6 Å². The van der Waals surface area contributed by atoms with Gasteiger partial charge in [0.05, 0.1) is 4.99 Å². The van der Waals surface area contributed by atoms with Gasteiger partial charge in [0.1, 0.15) is 5.25 Å². The molecular formula is C9H18N2O2S3. The van der Waals surface area contributed by atoms with E-state index in [4.69, 9.17) is 18.0 Å². The number of sulfonamides is 1. The van der Waals surface area contributed by atoms with Gasteiger partial charge >= 0.3 is 0 Å². The first-order valence-electron chi connectivity index (χ1n) is 5.20. The monoisotopic (exact) mass is 282 g/mol. The molecular weight excluding hydrogens is 264 g/mol. The van der Waals surface area contributed by atoms with E-state index in [0.29, 0.717) is 11.8 Å². The van der Waals surface area contributed by atoms with Gasteiger partial charge in [0.2, 0.25) is 10.0 Å². The van der Waals surface area contributed by atoms with E-state index >= 15 is 0 Å². The van der Waals surface area contributed by atoms with E-state index in [2.05, 4.69) is 0 Å². The van der Waals surface area contributed by atoms with Crippen LogP contribution in [0.5, 0.6) is 0 Å². The zero-order valence-corrected chi connectivity index (χ0v) is 12.2. The summed E-state index contributed by atoms with van der Waals surface area (Å²) in [6.45, 7) is 6.07. The van der Waals surface area contributed by atoms with Gasteiger partial charge in [-0.05, 0) is 13.8 Å². The van der Waals surface area contributed by atoms with Crippen LogP contribution in [0.3, 0.4) is 0 Å². The summed E-state index contributed by atoms with van der Waals surface area (Å²) in [7, 11) is -3.39. The first kappa shape index (κ1) is 14.2. The molecule has 2 N–H and O–H groups in total. The van der Waals surface area contributed by atoms with Crippen molar-refractivity contribution in [2.75, 3.05) is 12.3 Å². The average molecular weight is 282 g/mol. The van der Waals surface area contributed by atoms with E-state index in [-0.39, 0.29) is 11.0 Å². The molecule has 0 amide bonds. The van der Waals surface area contributed by atoms with E-state index in [0.717, 1.165) is 5.75 Å². The smallest absolute Gasteiger partial charge is 0.223 e. The van der Waals surface area contributed by atoms with Crippen LogP contribution in [0.1, 0.15) is 20.8 Å². The number of nitrogens with two attached hydrogens (primary N) is 1. The normalized spacial score (nSPS) is 29.9. The highest BCUT2D eigenvalue weighted by atomic mass is 32.2. The van der Waals surface area contributed by atoms with Gasteiger partial charge in [-0.3, -0.25) is 0 Å². The van der Waals surface area contributed by atoms with Crippen LogP contribution in [0.15, 0.2) is 0 Å². The molecule has 0 aliphatic carbocycles. The lowest BCUT2D eigenvalue weighted by molar-refractivity contribution is 0.339. The number of hydrogen-bond acceptors (Lipinski definition) is 4. The van der Waals surface area contributed by atoms with E-state index in [9.17, 15) is 8.42 Å². The molecule has 7 heteroatoms. The van der Waals surface area contributed by atoms with E-state index in [1.165, 1.54) is 4.31 Å². The molecule has 1 heterocycles. The summed E-state index contributed by atoms with van der Waals surface area (Å²) in [6.07, 6.45) is 0. The first-order valence-corrected chi connectivity index (χ1v) is 8.16. The fourth-order valence-corrected chi connectivity index (χ4v) is 4.96. The number of thiocarbonyl (C=S) groups is 1. The Morgan fingerprint density at radius 2 is 2.12 bits per heavy atom. The maximum atomic E-state index is 12.2. The summed E-state index contributed by atoms with van der Waals surface area (Å²) in [6, 6.07) is 0.000509. The van der Waals surface area contributed by atoms with E-state index in [1.807, 2.05) is 13.8 Å². The lowest BCUT2D eigenvalue weighted by Gasteiger charge is -2.37. The lowest BCUT2D eigenvalue weighted by Crippen LogP contribution is -2.52. The highest BCUT2D eigenvalue weighted by Gasteiger charge is 2.37. The van der Waals surface area contributed by atoms with Crippen molar-refractivity contribution in [3.63, 3.8) is 0 Å². The first-order chi connectivity index (χ1) is 7.28. The minimum absolute atomic E-state index is 0.000509. The lowest BCUT2D eigenvalue weighted by atomic mass is 10.2. The van der Waals surface area contributed by atoms with Crippen LogP contribution < -0.4 is 5.73 Å². The van der Waals surface area contributed by atoms with Crippen molar-refractivity contribution in [1.29, 1.82) is 0 Å². The van der Waals surface area contributed by atoms with Gasteiger partial charge in [-0.1, -0.05) is 19.1 Å². The molecule has 1 aliphatic rings. The van der Waals surface area contributed by atoms with Crippen molar-refractivity contribution >= 4 is 39.0 Å². The van der Waals surface area contributed by atoms with Crippen molar-refractivity contribution < 1.29 is 8.42 Å². The summed E-state index contributed by atoms with van der Waals surface area (Å²) < 4.78 is 26.0. The Bertz CT molecular complexity index is 369. The van der Waals surface area contributed by atoms with Gasteiger partial charge in [0.15, 0.2) is 0 Å². The molecule has 0 spiro atoms. The molecule has 3 atom stereocenters. The van der Waals surface area contributed by atoms with Crippen molar-refractivity contribution in [3.8, 4) is 0 Å². The van der Waals surface area contributed by atoms with Crippen LogP contribution >= 0.6 is 24.0 Å². The van der Waals surface area contributed by atoms with Gasteiger partial charge in [0.25, 0.3) is 0 Å². The third-order valence-corrected chi connectivity index (χ3v) is 7.16. The molecule has 1 fully saturated rings. The van der Waals surface area contributed by atoms with Crippen LogP contribution in [0.25, 0.3) is 0 Å². The van der Waals surface area contributed by atoms with Gasteiger partial charge < -0.3 is 5.73 Å². The molecule has 0 bridgehead atoms. The second-order valence-corrected chi connectivity index (χ2v) is 8.18. The van der Waals surface area contributed by atoms with Crippen LogP contribution in [-0.4, -0.2) is 46.6 Å². The molecule has 3 unspecified atom stereocenters. The topological polar surface area (TPSA) is 63.4 Å². The number of thioether (sulfide) groups is 1. The third kappa shape index (κ3) is 2.69. The van der Waals surface area contributed by atoms with Crippen LogP contribution in [-0.2, 0) is 10.0 Å². The summed E-state index contributed by atoms with van der Waals surface area (Å²) in [4.78, 5) is 0.0399. The number of hydrogen-bond donors (Lipinski definition) is 1. The van der Waals surface area contributed by atoms with Crippen molar-refractivity contribution in [2.45, 2.75) is 37.3 Å². The fourth-order valence-electron chi connectivity index (χ4n) is 1.61. The maximum absolute atomic E-state index is 12.2. The Balaban J connectivity index is 2.95. The minimum atomic E-state index is -3.39. The second-order valence-electron chi connectivity index (χ2n) is 4.02. The quantitative estimate of drug-likeness (QED) is 0.776. The van der Waals surface area contributed by atoms with Crippen LogP contribution in [0, 0.1) is 0 Å². The van der Waals surface area contributed by atoms with Crippen molar-refractivity contribution in [2.24, 2.45) is 5.73 Å². The molecule has 0 aromatic rings. The molecule has 1 rings (SSSR count). The fraction of sp³-hybridized carbons (Fsp3) is 0.889. The standard InChI is InChI=1S/C9H18N2O2S3/c1-6-7(2)15-5-4-11(6)16(12,13)8(3)9(10)14/h6-8H,4-5H2,1-3H3,(H2,10,14). The summed E-state index contributed by atoms with van der Waals surface area (Å²) in [5, 5.41) is -0.470. The predicted molar refractivity (Wildman–Crippen MR) is 73.3 cm³/mol. The molecule has 0 saturated carbocycles. The van der Waals surface area contributed by atoms with Crippen molar-refractivity contribution in [1.82, 2.24) is 4.31 Å². The van der Waals surface area contributed by atoms with E-state index < -0.39 is 15.3 Å². The molecule has 0 aromatic carbocycles. The molecule has 1 aliphatic heterocycles. The highest BCUT2D eigenvalue weighted by molar-refractivity contribution is 8.00. The Kier molecular flexibility index (Phi) is 4.62.